The van der Waals surface area contributed by atoms with Crippen LogP contribution in [-0.4, -0.2) is 26.0 Å². The lowest BCUT2D eigenvalue weighted by molar-refractivity contribution is 0.0696. The molecule has 1 aromatic heterocycles. The second-order valence-corrected chi connectivity index (χ2v) is 3.01. The van der Waals surface area contributed by atoms with Gasteiger partial charge >= 0.3 is 5.97 Å². The van der Waals surface area contributed by atoms with Gasteiger partial charge in [0.1, 0.15) is 11.3 Å². The van der Waals surface area contributed by atoms with Crippen LogP contribution in [0.25, 0.3) is 10.9 Å². The average molecular weight is 192 g/mol. The Labute approximate surface area is 79.2 Å². The molecule has 1 aromatic carbocycles. The summed E-state index contributed by atoms with van der Waals surface area (Å²) in [5.74, 6) is -1.13. The standard InChI is InChI=1S/C9H8N2O3/c1-11-8-6(4-10-11)2-5(9(13)14)3-7(8)12/h2-4,12H,1H3,(H,13,14). The fourth-order valence-electron chi connectivity index (χ4n) is 1.42. The Bertz CT molecular complexity index is 516. The van der Waals surface area contributed by atoms with Crippen LogP contribution >= 0.6 is 0 Å². The van der Waals surface area contributed by atoms with Gasteiger partial charge in [-0.3, -0.25) is 4.68 Å². The molecule has 0 amide bonds. The molecule has 0 atom stereocenters. The Morgan fingerprint density at radius 3 is 2.86 bits per heavy atom. The van der Waals surface area contributed by atoms with Crippen molar-refractivity contribution < 1.29 is 15.0 Å². The number of aromatic nitrogens is 2. The molecule has 0 saturated carbocycles. The molecular formula is C9H8N2O3. The number of hydrogen-bond donors (Lipinski definition) is 2. The average Bonchev–Trinajstić information content (AvgIpc) is 2.48. The van der Waals surface area contributed by atoms with Crippen LogP contribution in [-0.2, 0) is 7.05 Å². The number of aromatic hydroxyl groups is 1. The van der Waals surface area contributed by atoms with Gasteiger partial charge in [-0.1, -0.05) is 0 Å². The van der Waals surface area contributed by atoms with Gasteiger partial charge in [0.05, 0.1) is 11.8 Å². The number of carboxylic acids is 1. The molecule has 0 unspecified atom stereocenters. The fourth-order valence-corrected chi connectivity index (χ4v) is 1.42. The zero-order valence-electron chi connectivity index (χ0n) is 7.43. The third kappa shape index (κ3) is 1.10. The van der Waals surface area contributed by atoms with Crippen molar-refractivity contribution in [3.05, 3.63) is 23.9 Å². The molecule has 2 N–H and O–H groups in total. The largest absolute Gasteiger partial charge is 0.506 e. The number of benzene rings is 1. The van der Waals surface area contributed by atoms with E-state index in [0.717, 1.165) is 0 Å². The predicted molar refractivity (Wildman–Crippen MR) is 49.3 cm³/mol. The van der Waals surface area contributed by atoms with Crippen LogP contribution < -0.4 is 0 Å². The molecule has 14 heavy (non-hydrogen) atoms. The van der Waals surface area contributed by atoms with E-state index in [-0.39, 0.29) is 11.3 Å². The maximum Gasteiger partial charge on any atom is 0.335 e. The fraction of sp³-hybridized carbons (Fsp3) is 0.111. The van der Waals surface area contributed by atoms with E-state index in [4.69, 9.17) is 5.11 Å². The minimum absolute atomic E-state index is 0.0583. The quantitative estimate of drug-likeness (QED) is 0.706. The summed E-state index contributed by atoms with van der Waals surface area (Å²) in [5.41, 5.74) is 0.595. The van der Waals surface area contributed by atoms with Crippen LogP contribution in [0.2, 0.25) is 0 Å². The summed E-state index contributed by atoms with van der Waals surface area (Å²) in [6.45, 7) is 0. The maximum atomic E-state index is 10.7. The molecule has 72 valence electrons. The van der Waals surface area contributed by atoms with Crippen molar-refractivity contribution in [1.29, 1.82) is 0 Å². The minimum atomic E-state index is -1.06. The number of fused-ring (bicyclic) bond motifs is 1. The lowest BCUT2D eigenvalue weighted by Crippen LogP contribution is -1.96. The Hall–Kier alpha value is -2.04. The Morgan fingerprint density at radius 1 is 1.50 bits per heavy atom. The molecular weight excluding hydrogens is 184 g/mol. The van der Waals surface area contributed by atoms with Gasteiger partial charge in [-0.25, -0.2) is 4.79 Å². The number of aromatic carboxylic acids is 1. The second-order valence-electron chi connectivity index (χ2n) is 3.01. The van der Waals surface area contributed by atoms with Gasteiger partial charge in [-0.2, -0.15) is 5.10 Å². The van der Waals surface area contributed by atoms with Crippen molar-refractivity contribution in [3.8, 4) is 5.75 Å². The van der Waals surface area contributed by atoms with Gasteiger partial charge in [-0.05, 0) is 12.1 Å². The van der Waals surface area contributed by atoms with Gasteiger partial charge in [-0.15, -0.1) is 0 Å². The molecule has 2 rings (SSSR count). The topological polar surface area (TPSA) is 75.4 Å². The smallest absolute Gasteiger partial charge is 0.335 e. The summed E-state index contributed by atoms with van der Waals surface area (Å²) in [5, 5.41) is 22.8. The summed E-state index contributed by atoms with van der Waals surface area (Å²) in [7, 11) is 1.68. The van der Waals surface area contributed by atoms with E-state index in [1.807, 2.05) is 0 Å². The van der Waals surface area contributed by atoms with Crippen LogP contribution in [0, 0.1) is 0 Å². The lowest BCUT2D eigenvalue weighted by atomic mass is 10.1. The molecule has 0 aliphatic carbocycles. The van der Waals surface area contributed by atoms with E-state index in [9.17, 15) is 9.90 Å². The summed E-state index contributed by atoms with van der Waals surface area (Å²) in [4.78, 5) is 10.7. The highest BCUT2D eigenvalue weighted by molar-refractivity contribution is 5.95. The highest BCUT2D eigenvalue weighted by atomic mass is 16.4. The second kappa shape index (κ2) is 2.73. The lowest BCUT2D eigenvalue weighted by Gasteiger charge is -2.00. The van der Waals surface area contributed by atoms with E-state index in [0.29, 0.717) is 10.9 Å². The first kappa shape index (κ1) is 8.55. The number of phenols is 1. The van der Waals surface area contributed by atoms with E-state index < -0.39 is 5.97 Å². The van der Waals surface area contributed by atoms with Gasteiger partial charge in [0, 0.05) is 12.4 Å². The summed E-state index contributed by atoms with van der Waals surface area (Å²) in [6.07, 6.45) is 1.52. The molecule has 5 heteroatoms. The number of hydrogen-bond acceptors (Lipinski definition) is 3. The molecule has 5 nitrogen and oxygen atoms in total. The number of aryl methyl sites for hydroxylation is 1. The molecule has 0 aliphatic heterocycles. The maximum absolute atomic E-state index is 10.7. The number of phenolic OH excluding ortho intramolecular Hbond substituents is 1. The SMILES string of the molecule is Cn1ncc2cc(C(=O)O)cc(O)c21. The Kier molecular flexibility index (Phi) is 1.67. The zero-order chi connectivity index (χ0) is 10.3. The highest BCUT2D eigenvalue weighted by Crippen LogP contribution is 2.25. The highest BCUT2D eigenvalue weighted by Gasteiger charge is 2.10. The Balaban J connectivity index is 2.80. The first-order valence-corrected chi connectivity index (χ1v) is 3.97. The van der Waals surface area contributed by atoms with E-state index >= 15 is 0 Å². The first-order valence-electron chi connectivity index (χ1n) is 3.97. The van der Waals surface area contributed by atoms with E-state index in [2.05, 4.69) is 5.10 Å². The van der Waals surface area contributed by atoms with Crippen LogP contribution in [0.4, 0.5) is 0 Å². The van der Waals surface area contributed by atoms with Crippen molar-refractivity contribution in [2.75, 3.05) is 0 Å². The molecule has 0 bridgehead atoms. The Morgan fingerprint density at radius 2 is 2.21 bits per heavy atom. The van der Waals surface area contributed by atoms with Crippen LogP contribution in [0.5, 0.6) is 5.75 Å². The van der Waals surface area contributed by atoms with Crippen molar-refractivity contribution in [2.24, 2.45) is 7.05 Å². The van der Waals surface area contributed by atoms with Crippen molar-refractivity contribution >= 4 is 16.9 Å². The first-order chi connectivity index (χ1) is 6.59. The van der Waals surface area contributed by atoms with Crippen LogP contribution in [0.15, 0.2) is 18.3 Å². The van der Waals surface area contributed by atoms with Gasteiger partial charge in [0.25, 0.3) is 0 Å². The van der Waals surface area contributed by atoms with E-state index in [1.165, 1.54) is 23.0 Å². The molecule has 0 aliphatic rings. The van der Waals surface area contributed by atoms with E-state index in [1.54, 1.807) is 7.05 Å². The monoisotopic (exact) mass is 192 g/mol. The number of carbonyl (C=O) groups is 1. The molecule has 0 radical (unpaired) electrons. The zero-order valence-corrected chi connectivity index (χ0v) is 7.43. The van der Waals surface area contributed by atoms with Crippen molar-refractivity contribution in [1.82, 2.24) is 9.78 Å². The molecule has 2 aromatic rings. The summed E-state index contributed by atoms with van der Waals surface area (Å²) < 4.78 is 1.50. The third-order valence-corrected chi connectivity index (χ3v) is 2.06. The molecule has 1 heterocycles. The minimum Gasteiger partial charge on any atom is -0.506 e. The molecule has 0 spiro atoms. The number of carboxylic acid groups (broad SMARTS) is 1. The van der Waals surface area contributed by atoms with Gasteiger partial charge < -0.3 is 10.2 Å². The normalized spacial score (nSPS) is 10.6. The third-order valence-electron chi connectivity index (χ3n) is 2.06. The summed E-state index contributed by atoms with van der Waals surface area (Å²) in [6, 6.07) is 2.69. The van der Waals surface area contributed by atoms with Crippen molar-refractivity contribution in [2.45, 2.75) is 0 Å². The predicted octanol–water partition coefficient (Wildman–Crippen LogP) is 0.977. The number of rotatable bonds is 1. The molecule has 0 fully saturated rings. The number of nitrogens with zero attached hydrogens (tertiary/aromatic N) is 2. The van der Waals surface area contributed by atoms with Crippen LogP contribution in [0.3, 0.4) is 0 Å². The van der Waals surface area contributed by atoms with Gasteiger partial charge in [0.2, 0.25) is 0 Å². The summed E-state index contributed by atoms with van der Waals surface area (Å²) >= 11 is 0. The van der Waals surface area contributed by atoms with Crippen molar-refractivity contribution in [3.63, 3.8) is 0 Å². The van der Waals surface area contributed by atoms with Crippen LogP contribution in [0.1, 0.15) is 10.4 Å². The van der Waals surface area contributed by atoms with Gasteiger partial charge in [0.15, 0.2) is 0 Å². The molecule has 0 saturated heterocycles.